The maximum atomic E-state index is 13.2. The maximum absolute atomic E-state index is 13.2. The van der Waals surface area contributed by atoms with Crippen LogP contribution in [0.25, 0.3) is 10.4 Å². The number of carbonyl (C=O) groups excluding carboxylic acids is 2. The molecule has 7 heteroatoms. The fourth-order valence-corrected chi connectivity index (χ4v) is 4.13. The molecule has 1 atom stereocenters. The number of nitrogens with zero attached hydrogens (tertiary/aromatic N) is 2. The van der Waals surface area contributed by atoms with Gasteiger partial charge >= 0.3 is 0 Å². The fraction of sp³-hybridized carbons (Fsp3) is 0.389. The van der Waals surface area contributed by atoms with Gasteiger partial charge in [-0.2, -0.15) is 0 Å². The average molecular weight is 361 g/mol. The van der Waals surface area contributed by atoms with Gasteiger partial charge in [-0.25, -0.2) is 9.37 Å². The number of aromatic nitrogens is 1. The molecule has 2 amide bonds. The van der Waals surface area contributed by atoms with Crippen LogP contribution in [0.2, 0.25) is 0 Å². The van der Waals surface area contributed by atoms with Crippen LogP contribution in [0.5, 0.6) is 0 Å². The summed E-state index contributed by atoms with van der Waals surface area (Å²) in [6.07, 6.45) is 2.63. The first-order valence-electron chi connectivity index (χ1n) is 8.28. The molecule has 1 aliphatic rings. The summed E-state index contributed by atoms with van der Waals surface area (Å²) in [6, 6.07) is 6.10. The highest BCUT2D eigenvalue weighted by atomic mass is 32.1. The van der Waals surface area contributed by atoms with Crippen molar-refractivity contribution in [3.63, 3.8) is 0 Å². The predicted octanol–water partition coefficient (Wildman–Crippen LogP) is 3.13. The molecule has 3 rings (SSSR count). The Kier molecular flexibility index (Phi) is 5.13. The molecule has 0 saturated carbocycles. The number of nitrogens with two attached hydrogens (primary N) is 1. The van der Waals surface area contributed by atoms with Gasteiger partial charge in [0.1, 0.15) is 11.5 Å². The van der Waals surface area contributed by atoms with Gasteiger partial charge in [-0.05, 0) is 43.9 Å². The number of primary amides is 1. The van der Waals surface area contributed by atoms with E-state index < -0.39 is 0 Å². The minimum Gasteiger partial charge on any atom is -0.370 e. The zero-order valence-corrected chi connectivity index (χ0v) is 14.8. The lowest BCUT2D eigenvalue weighted by molar-refractivity contribution is -0.118. The van der Waals surface area contributed by atoms with Crippen molar-refractivity contribution >= 4 is 23.2 Å². The number of aryl methyl sites for hydroxylation is 1. The molecule has 0 spiro atoms. The molecule has 1 aliphatic heterocycles. The lowest BCUT2D eigenvalue weighted by Gasteiger charge is -2.24. The summed E-state index contributed by atoms with van der Waals surface area (Å²) in [7, 11) is 0. The molecule has 5 nitrogen and oxygen atoms in total. The SMILES string of the molecule is Cc1nc(C(=O)N2CCC[C@H]2CCC(N)=O)c(-c2ccc(F)cc2)s1. The van der Waals surface area contributed by atoms with Crippen LogP contribution < -0.4 is 5.73 Å². The second-order valence-corrected chi connectivity index (χ2v) is 7.42. The predicted molar refractivity (Wildman–Crippen MR) is 94.7 cm³/mol. The molecule has 2 heterocycles. The van der Waals surface area contributed by atoms with E-state index in [1.165, 1.54) is 23.5 Å². The Labute approximate surface area is 149 Å². The van der Waals surface area contributed by atoms with Gasteiger partial charge in [-0.15, -0.1) is 11.3 Å². The maximum Gasteiger partial charge on any atom is 0.274 e. The van der Waals surface area contributed by atoms with Gasteiger partial charge in [-0.1, -0.05) is 12.1 Å². The Morgan fingerprint density at radius 2 is 2.08 bits per heavy atom. The molecule has 1 fully saturated rings. The number of hydrogen-bond donors (Lipinski definition) is 1. The standard InChI is InChI=1S/C18H20FN3O2S/c1-11-21-16(17(25-11)12-4-6-13(19)7-5-12)18(24)22-10-2-3-14(22)8-9-15(20)23/h4-7,14H,2-3,8-10H2,1H3,(H2,20,23)/t14-/m0/s1. The van der Waals surface area contributed by atoms with Crippen LogP contribution in [-0.2, 0) is 4.79 Å². The Morgan fingerprint density at radius 1 is 1.36 bits per heavy atom. The molecule has 0 radical (unpaired) electrons. The van der Waals surface area contributed by atoms with E-state index in [1.807, 2.05) is 6.92 Å². The Bertz CT molecular complexity index is 788. The van der Waals surface area contributed by atoms with Gasteiger partial charge in [0.25, 0.3) is 5.91 Å². The minimum atomic E-state index is -0.351. The summed E-state index contributed by atoms with van der Waals surface area (Å²) in [5.41, 5.74) is 6.42. The molecule has 0 aliphatic carbocycles. The molecule has 0 bridgehead atoms. The van der Waals surface area contributed by atoms with Crippen molar-refractivity contribution in [1.82, 2.24) is 9.88 Å². The van der Waals surface area contributed by atoms with Crippen LogP contribution in [0, 0.1) is 12.7 Å². The molecule has 2 aromatic rings. The number of thiazole rings is 1. The number of benzene rings is 1. The van der Waals surface area contributed by atoms with E-state index in [2.05, 4.69) is 4.98 Å². The van der Waals surface area contributed by atoms with Crippen LogP contribution >= 0.6 is 11.3 Å². The summed E-state index contributed by atoms with van der Waals surface area (Å²) in [5.74, 6) is -0.796. The number of rotatable bonds is 5. The van der Waals surface area contributed by atoms with Gasteiger partial charge in [0.15, 0.2) is 0 Å². The van der Waals surface area contributed by atoms with E-state index in [1.54, 1.807) is 17.0 Å². The largest absolute Gasteiger partial charge is 0.370 e. The highest BCUT2D eigenvalue weighted by Crippen LogP contribution is 2.33. The highest BCUT2D eigenvalue weighted by molar-refractivity contribution is 7.15. The zero-order valence-electron chi connectivity index (χ0n) is 14.0. The first kappa shape index (κ1) is 17.5. The van der Waals surface area contributed by atoms with Crippen molar-refractivity contribution in [2.75, 3.05) is 6.54 Å². The molecule has 1 aromatic heterocycles. The van der Waals surface area contributed by atoms with Gasteiger partial charge in [0.05, 0.1) is 9.88 Å². The van der Waals surface area contributed by atoms with E-state index in [0.29, 0.717) is 18.7 Å². The van der Waals surface area contributed by atoms with Crippen molar-refractivity contribution in [3.05, 3.63) is 40.8 Å². The molecule has 1 saturated heterocycles. The monoisotopic (exact) mass is 361 g/mol. The Morgan fingerprint density at radius 3 is 2.76 bits per heavy atom. The number of halogens is 1. The van der Waals surface area contributed by atoms with Crippen LogP contribution in [0.15, 0.2) is 24.3 Å². The smallest absolute Gasteiger partial charge is 0.274 e. The quantitative estimate of drug-likeness (QED) is 0.889. The topological polar surface area (TPSA) is 76.3 Å². The third kappa shape index (κ3) is 3.87. The van der Waals surface area contributed by atoms with E-state index in [4.69, 9.17) is 5.73 Å². The summed E-state index contributed by atoms with van der Waals surface area (Å²) in [6.45, 7) is 2.50. The number of amides is 2. The highest BCUT2D eigenvalue weighted by Gasteiger charge is 2.32. The molecule has 25 heavy (non-hydrogen) atoms. The first-order chi connectivity index (χ1) is 12.0. The average Bonchev–Trinajstić information content (AvgIpc) is 3.19. The van der Waals surface area contributed by atoms with Gasteiger partial charge in [-0.3, -0.25) is 9.59 Å². The van der Waals surface area contributed by atoms with Gasteiger partial charge in [0.2, 0.25) is 5.91 Å². The Balaban J connectivity index is 1.87. The minimum absolute atomic E-state index is 0.0167. The molecule has 132 valence electrons. The third-order valence-corrected chi connectivity index (χ3v) is 5.42. The molecule has 1 aromatic carbocycles. The summed E-state index contributed by atoms with van der Waals surface area (Å²) >= 11 is 1.42. The van der Waals surface area contributed by atoms with Gasteiger partial charge < -0.3 is 10.6 Å². The number of carbonyl (C=O) groups is 2. The van der Waals surface area contributed by atoms with Crippen molar-refractivity contribution < 1.29 is 14.0 Å². The van der Waals surface area contributed by atoms with E-state index >= 15 is 0 Å². The van der Waals surface area contributed by atoms with Crippen LogP contribution in [0.1, 0.15) is 41.2 Å². The summed E-state index contributed by atoms with van der Waals surface area (Å²) < 4.78 is 13.2. The van der Waals surface area contributed by atoms with Gasteiger partial charge in [0, 0.05) is 19.0 Å². The molecular formula is C18H20FN3O2S. The normalized spacial score (nSPS) is 17.0. The van der Waals surface area contributed by atoms with E-state index in [0.717, 1.165) is 28.3 Å². The van der Waals surface area contributed by atoms with Crippen molar-refractivity contribution in [3.8, 4) is 10.4 Å². The summed E-state index contributed by atoms with van der Waals surface area (Å²) in [4.78, 5) is 31.1. The first-order valence-corrected chi connectivity index (χ1v) is 9.10. The second kappa shape index (κ2) is 7.31. The van der Waals surface area contributed by atoms with Crippen molar-refractivity contribution in [2.24, 2.45) is 5.73 Å². The zero-order chi connectivity index (χ0) is 18.0. The van der Waals surface area contributed by atoms with Crippen molar-refractivity contribution in [1.29, 1.82) is 0 Å². The third-order valence-electron chi connectivity index (χ3n) is 4.41. The van der Waals surface area contributed by atoms with Crippen LogP contribution in [0.3, 0.4) is 0 Å². The fourth-order valence-electron chi connectivity index (χ4n) is 3.22. The van der Waals surface area contributed by atoms with Crippen molar-refractivity contribution in [2.45, 2.75) is 38.6 Å². The number of likely N-dealkylation sites (tertiary alicyclic amines) is 1. The van der Waals surface area contributed by atoms with E-state index in [-0.39, 0.29) is 30.1 Å². The molecule has 2 N–H and O–H groups in total. The van der Waals surface area contributed by atoms with Crippen LogP contribution in [0.4, 0.5) is 4.39 Å². The molecular weight excluding hydrogens is 341 g/mol. The number of hydrogen-bond acceptors (Lipinski definition) is 4. The lowest BCUT2D eigenvalue weighted by Crippen LogP contribution is -2.36. The van der Waals surface area contributed by atoms with Crippen LogP contribution in [-0.4, -0.2) is 34.3 Å². The lowest BCUT2D eigenvalue weighted by atomic mass is 10.1. The van der Waals surface area contributed by atoms with E-state index in [9.17, 15) is 14.0 Å². The molecule has 0 unspecified atom stereocenters. The summed E-state index contributed by atoms with van der Waals surface area (Å²) in [5, 5.41) is 0.788. The second-order valence-electron chi connectivity index (χ2n) is 6.22. The Hall–Kier alpha value is -2.28.